The lowest BCUT2D eigenvalue weighted by atomic mass is 9.75. The first-order chi connectivity index (χ1) is 9.31. The normalized spacial score (nSPS) is 22.6. The molecule has 104 valence electrons. The zero-order chi connectivity index (χ0) is 13.1. The Morgan fingerprint density at radius 2 is 2.11 bits per heavy atom. The fraction of sp³-hybridized carbons (Fsp3) is 0.688. The van der Waals surface area contributed by atoms with Crippen LogP contribution in [0.3, 0.4) is 0 Å². The van der Waals surface area contributed by atoms with Gasteiger partial charge >= 0.3 is 0 Å². The van der Waals surface area contributed by atoms with E-state index in [1.165, 1.54) is 43.3 Å². The van der Waals surface area contributed by atoms with E-state index >= 15 is 0 Å². The van der Waals surface area contributed by atoms with Gasteiger partial charge in [-0.2, -0.15) is 0 Å². The monoisotopic (exact) mass is 277 g/mol. The van der Waals surface area contributed by atoms with Crippen LogP contribution in [-0.2, 0) is 11.3 Å². The molecule has 2 nitrogen and oxygen atoms in total. The topological polar surface area (TPSA) is 20.3 Å². The molecule has 0 atom stereocenters. The minimum Gasteiger partial charge on any atom is -0.303 e. The van der Waals surface area contributed by atoms with Crippen molar-refractivity contribution >= 4 is 17.6 Å². The van der Waals surface area contributed by atoms with Crippen LogP contribution in [0.5, 0.6) is 0 Å². The van der Waals surface area contributed by atoms with Gasteiger partial charge in [0.2, 0.25) is 0 Å². The van der Waals surface area contributed by atoms with Crippen molar-refractivity contribution < 1.29 is 4.79 Å². The predicted molar refractivity (Wildman–Crippen MR) is 79.3 cm³/mol. The first-order valence-electron chi connectivity index (χ1n) is 7.54. The fourth-order valence-corrected chi connectivity index (χ4v) is 4.06. The Morgan fingerprint density at radius 1 is 1.32 bits per heavy atom. The highest BCUT2D eigenvalue weighted by Crippen LogP contribution is 2.39. The summed E-state index contributed by atoms with van der Waals surface area (Å²) in [5.74, 6) is 0. The highest BCUT2D eigenvalue weighted by Gasteiger charge is 2.38. The van der Waals surface area contributed by atoms with E-state index in [2.05, 4.69) is 22.4 Å². The zero-order valence-corrected chi connectivity index (χ0v) is 12.3. The highest BCUT2D eigenvalue weighted by molar-refractivity contribution is 7.09. The van der Waals surface area contributed by atoms with Crippen LogP contribution < -0.4 is 0 Å². The second-order valence-corrected chi connectivity index (χ2v) is 7.29. The van der Waals surface area contributed by atoms with E-state index in [4.69, 9.17) is 0 Å². The first-order valence-corrected chi connectivity index (χ1v) is 8.42. The van der Waals surface area contributed by atoms with Crippen molar-refractivity contribution in [2.24, 2.45) is 5.41 Å². The van der Waals surface area contributed by atoms with Gasteiger partial charge in [0, 0.05) is 29.4 Å². The number of carbonyl (C=O) groups is 1. The van der Waals surface area contributed by atoms with Crippen molar-refractivity contribution in [3.05, 3.63) is 22.4 Å². The Labute approximate surface area is 119 Å². The van der Waals surface area contributed by atoms with E-state index in [0.29, 0.717) is 0 Å². The Hall–Kier alpha value is -0.670. The molecule has 0 aromatic carbocycles. The van der Waals surface area contributed by atoms with Gasteiger partial charge < -0.3 is 4.79 Å². The third-order valence-electron chi connectivity index (χ3n) is 4.62. The van der Waals surface area contributed by atoms with Gasteiger partial charge in [0.1, 0.15) is 6.29 Å². The number of hydrogen-bond acceptors (Lipinski definition) is 3. The van der Waals surface area contributed by atoms with Gasteiger partial charge in [-0.15, -0.1) is 11.3 Å². The van der Waals surface area contributed by atoms with Crippen LogP contribution in [0.15, 0.2) is 17.5 Å². The maximum atomic E-state index is 11.6. The molecule has 2 saturated carbocycles. The van der Waals surface area contributed by atoms with Gasteiger partial charge in [-0.1, -0.05) is 25.3 Å². The van der Waals surface area contributed by atoms with E-state index < -0.39 is 0 Å². The lowest BCUT2D eigenvalue weighted by Crippen LogP contribution is -2.41. The van der Waals surface area contributed by atoms with Gasteiger partial charge in [-0.05, 0) is 37.1 Å². The Balaban J connectivity index is 1.68. The predicted octanol–water partition coefficient (Wildman–Crippen LogP) is 3.86. The van der Waals surface area contributed by atoms with Crippen molar-refractivity contribution in [1.82, 2.24) is 4.90 Å². The van der Waals surface area contributed by atoms with Crippen LogP contribution in [0, 0.1) is 5.41 Å². The number of rotatable bonds is 6. The van der Waals surface area contributed by atoms with Gasteiger partial charge in [-0.25, -0.2) is 0 Å². The molecule has 1 aromatic heterocycles. The van der Waals surface area contributed by atoms with Gasteiger partial charge in [0.25, 0.3) is 0 Å². The molecular formula is C16H23NOS. The Kier molecular flexibility index (Phi) is 4.04. The number of carbonyl (C=O) groups excluding carboxylic acids is 1. The molecule has 2 fully saturated rings. The smallest absolute Gasteiger partial charge is 0.127 e. The van der Waals surface area contributed by atoms with Gasteiger partial charge in [0.15, 0.2) is 0 Å². The maximum absolute atomic E-state index is 11.6. The molecule has 3 rings (SSSR count). The number of aldehydes is 1. The average molecular weight is 277 g/mol. The number of hydrogen-bond donors (Lipinski definition) is 0. The quantitative estimate of drug-likeness (QED) is 0.736. The van der Waals surface area contributed by atoms with Crippen molar-refractivity contribution in [1.29, 1.82) is 0 Å². The van der Waals surface area contributed by atoms with Gasteiger partial charge in [0.05, 0.1) is 0 Å². The molecule has 0 spiro atoms. The third-order valence-corrected chi connectivity index (χ3v) is 5.48. The number of thiophene rings is 1. The van der Waals surface area contributed by atoms with Crippen molar-refractivity contribution in [2.45, 2.75) is 57.5 Å². The van der Waals surface area contributed by atoms with Crippen molar-refractivity contribution in [3.63, 3.8) is 0 Å². The lowest BCUT2D eigenvalue weighted by Gasteiger charge is -2.37. The molecule has 0 radical (unpaired) electrons. The Bertz CT molecular complexity index is 404. The summed E-state index contributed by atoms with van der Waals surface area (Å²) in [5.41, 5.74) is -0.0436. The van der Waals surface area contributed by atoms with E-state index in [1.807, 2.05) is 11.3 Å². The van der Waals surface area contributed by atoms with E-state index in [-0.39, 0.29) is 5.41 Å². The highest BCUT2D eigenvalue weighted by atomic mass is 32.1. The second-order valence-electron chi connectivity index (χ2n) is 6.26. The molecule has 0 unspecified atom stereocenters. The van der Waals surface area contributed by atoms with Crippen molar-refractivity contribution in [2.75, 3.05) is 6.54 Å². The SMILES string of the molecule is O=CC1(CN(Cc2cccs2)C2CC2)CCCCC1. The van der Waals surface area contributed by atoms with Crippen molar-refractivity contribution in [3.8, 4) is 0 Å². The summed E-state index contributed by atoms with van der Waals surface area (Å²) < 4.78 is 0. The summed E-state index contributed by atoms with van der Waals surface area (Å²) in [5, 5.41) is 2.15. The largest absolute Gasteiger partial charge is 0.303 e. The van der Waals surface area contributed by atoms with E-state index in [0.717, 1.165) is 32.0 Å². The summed E-state index contributed by atoms with van der Waals surface area (Å²) in [6, 6.07) is 5.08. The summed E-state index contributed by atoms with van der Waals surface area (Å²) in [4.78, 5) is 15.6. The molecule has 0 amide bonds. The van der Waals surface area contributed by atoms with Crippen LogP contribution in [-0.4, -0.2) is 23.8 Å². The minimum atomic E-state index is -0.0436. The molecule has 0 aliphatic heterocycles. The first kappa shape index (κ1) is 13.3. The summed E-state index contributed by atoms with van der Waals surface area (Å²) in [6.45, 7) is 2.02. The molecule has 19 heavy (non-hydrogen) atoms. The van der Waals surface area contributed by atoms with Crippen LogP contribution in [0.1, 0.15) is 49.8 Å². The molecular weight excluding hydrogens is 254 g/mol. The van der Waals surface area contributed by atoms with E-state index in [1.54, 1.807) is 0 Å². The molecule has 2 aliphatic rings. The molecule has 1 aromatic rings. The summed E-state index contributed by atoms with van der Waals surface area (Å²) in [7, 11) is 0. The summed E-state index contributed by atoms with van der Waals surface area (Å²) >= 11 is 1.83. The van der Waals surface area contributed by atoms with Gasteiger partial charge in [-0.3, -0.25) is 4.90 Å². The molecule has 1 heterocycles. The standard InChI is InChI=1S/C16H23NOS/c18-13-16(8-2-1-3-9-16)12-17(14-6-7-14)11-15-5-4-10-19-15/h4-5,10,13-14H,1-3,6-9,11-12H2. The molecule has 2 aliphatic carbocycles. The van der Waals surface area contributed by atoms with Crippen LogP contribution in [0.2, 0.25) is 0 Å². The second kappa shape index (κ2) is 5.76. The summed E-state index contributed by atoms with van der Waals surface area (Å²) in [6.07, 6.45) is 9.89. The number of nitrogens with zero attached hydrogens (tertiary/aromatic N) is 1. The van der Waals surface area contributed by atoms with E-state index in [9.17, 15) is 4.79 Å². The minimum absolute atomic E-state index is 0.0436. The third kappa shape index (κ3) is 3.26. The average Bonchev–Trinajstić information content (AvgIpc) is 3.18. The molecule has 0 saturated heterocycles. The molecule has 0 bridgehead atoms. The fourth-order valence-electron chi connectivity index (χ4n) is 3.33. The van der Waals surface area contributed by atoms with Crippen LogP contribution in [0.25, 0.3) is 0 Å². The zero-order valence-electron chi connectivity index (χ0n) is 11.5. The lowest BCUT2D eigenvalue weighted by molar-refractivity contribution is -0.119. The molecule has 3 heteroatoms. The maximum Gasteiger partial charge on any atom is 0.127 e. The van der Waals surface area contributed by atoms with Crippen LogP contribution in [0.4, 0.5) is 0 Å². The Morgan fingerprint density at radius 3 is 2.68 bits per heavy atom. The van der Waals surface area contributed by atoms with Crippen LogP contribution >= 0.6 is 11.3 Å². The molecule has 0 N–H and O–H groups in total.